The fourth-order valence-electron chi connectivity index (χ4n) is 4.88. The Morgan fingerprint density at radius 1 is 1.00 bits per heavy atom. The van der Waals surface area contributed by atoms with Crippen LogP contribution in [0.5, 0.6) is 0 Å². The molecule has 166 valence electrons. The Kier molecular flexibility index (Phi) is 4.98. The van der Waals surface area contributed by atoms with E-state index in [0.717, 1.165) is 48.6 Å². The number of nitrogens with one attached hydrogen (secondary N) is 1. The van der Waals surface area contributed by atoms with Crippen LogP contribution in [0.4, 0.5) is 18.0 Å². The third kappa shape index (κ3) is 4.16. The Morgan fingerprint density at radius 2 is 1.65 bits per heavy atom. The molecule has 1 saturated carbocycles. The summed E-state index contributed by atoms with van der Waals surface area (Å²) in [4.78, 5) is 16.8. The molecule has 1 aromatic carbocycles. The lowest BCUT2D eigenvalue weighted by Crippen LogP contribution is -2.56. The van der Waals surface area contributed by atoms with Crippen LogP contribution in [0.15, 0.2) is 30.3 Å². The molecule has 8 heteroatoms. The summed E-state index contributed by atoms with van der Waals surface area (Å²) in [5.41, 5.74) is 2.30. The third-order valence-electron chi connectivity index (χ3n) is 6.82. The molecule has 0 spiro atoms. The molecule has 3 heterocycles. The summed E-state index contributed by atoms with van der Waals surface area (Å²) in [5, 5.41) is 7.68. The van der Waals surface area contributed by atoms with Crippen LogP contribution in [0.1, 0.15) is 66.5 Å². The number of alkyl halides is 3. The van der Waals surface area contributed by atoms with Crippen molar-refractivity contribution in [2.24, 2.45) is 5.92 Å². The Morgan fingerprint density at radius 3 is 2.26 bits per heavy atom. The van der Waals surface area contributed by atoms with Crippen LogP contribution in [0.2, 0.25) is 0 Å². The van der Waals surface area contributed by atoms with Gasteiger partial charge in [0, 0.05) is 49.6 Å². The summed E-state index contributed by atoms with van der Waals surface area (Å²) in [7, 11) is 0. The number of aromatic amines is 1. The number of halogens is 3. The number of nitrogens with zero attached hydrogens (tertiary/aromatic N) is 3. The number of hydrogen-bond donors (Lipinski definition) is 1. The van der Waals surface area contributed by atoms with Gasteiger partial charge in [-0.2, -0.15) is 18.3 Å². The van der Waals surface area contributed by atoms with Crippen molar-refractivity contribution < 1.29 is 18.0 Å². The largest absolute Gasteiger partial charge is 0.416 e. The minimum absolute atomic E-state index is 0.0234. The topological polar surface area (TPSA) is 52.2 Å². The van der Waals surface area contributed by atoms with Crippen molar-refractivity contribution in [3.63, 3.8) is 0 Å². The number of carbonyl (C=O) groups is 1. The molecule has 2 amide bonds. The summed E-state index contributed by atoms with van der Waals surface area (Å²) in [5.74, 6) is 1.12. The van der Waals surface area contributed by atoms with Crippen LogP contribution >= 0.6 is 0 Å². The van der Waals surface area contributed by atoms with E-state index in [1.807, 2.05) is 9.80 Å². The number of urea groups is 1. The fraction of sp³-hybridized carbons (Fsp3) is 0.565. The van der Waals surface area contributed by atoms with Gasteiger partial charge in [-0.3, -0.25) is 5.10 Å². The number of amides is 2. The lowest BCUT2D eigenvalue weighted by atomic mass is 9.82. The average Bonchev–Trinajstić information content (AvgIpc) is 3.46. The second-order valence-electron chi connectivity index (χ2n) is 9.47. The Balaban J connectivity index is 1.38. The SMILES string of the molecule is CC1CN(C(=O)N2CC(c3ccc(C(F)(F)F)cc3)CC(c3cc(C4CC4)[nH]n3)C2)C1. The lowest BCUT2D eigenvalue weighted by Gasteiger charge is -2.44. The molecule has 0 radical (unpaired) electrons. The highest BCUT2D eigenvalue weighted by Crippen LogP contribution is 2.42. The number of rotatable bonds is 3. The van der Waals surface area contributed by atoms with Crippen LogP contribution < -0.4 is 0 Å². The number of hydrogen-bond acceptors (Lipinski definition) is 2. The summed E-state index contributed by atoms with van der Waals surface area (Å²) in [6.07, 6.45) is -1.23. The maximum atomic E-state index is 13.1. The minimum atomic E-state index is -4.35. The summed E-state index contributed by atoms with van der Waals surface area (Å²) in [6, 6.07) is 7.54. The van der Waals surface area contributed by atoms with Crippen molar-refractivity contribution in [2.75, 3.05) is 26.2 Å². The first-order chi connectivity index (χ1) is 14.8. The molecule has 1 aliphatic carbocycles. The average molecular weight is 432 g/mol. The van der Waals surface area contributed by atoms with Crippen molar-refractivity contribution in [1.82, 2.24) is 20.0 Å². The van der Waals surface area contributed by atoms with Crippen molar-refractivity contribution >= 4 is 6.03 Å². The van der Waals surface area contributed by atoms with Gasteiger partial charge in [0.05, 0.1) is 11.3 Å². The van der Waals surface area contributed by atoms with Crippen molar-refractivity contribution in [3.05, 3.63) is 52.8 Å². The molecule has 2 atom stereocenters. The molecular weight excluding hydrogens is 405 g/mol. The summed E-state index contributed by atoms with van der Waals surface area (Å²) < 4.78 is 38.9. The first-order valence-electron chi connectivity index (χ1n) is 11.0. The van der Waals surface area contributed by atoms with E-state index in [2.05, 4.69) is 23.2 Å². The van der Waals surface area contributed by atoms with E-state index < -0.39 is 11.7 Å². The molecule has 2 unspecified atom stereocenters. The molecule has 1 aromatic heterocycles. The van der Waals surface area contributed by atoms with Crippen molar-refractivity contribution in [2.45, 2.75) is 50.1 Å². The van der Waals surface area contributed by atoms with Crippen LogP contribution in [0, 0.1) is 5.92 Å². The molecule has 5 nitrogen and oxygen atoms in total. The molecule has 31 heavy (non-hydrogen) atoms. The van der Waals surface area contributed by atoms with Gasteiger partial charge >= 0.3 is 12.2 Å². The Hall–Kier alpha value is -2.51. The van der Waals surface area contributed by atoms with Crippen LogP contribution in [0.25, 0.3) is 0 Å². The zero-order valence-corrected chi connectivity index (χ0v) is 17.5. The standard InChI is InChI=1S/C23H27F3N4O/c1-14-10-29(11-14)22(31)30-12-17(15-4-6-19(7-5-15)23(24,25)26)8-18(13-30)21-9-20(27-28-21)16-2-3-16/h4-7,9,14,16-18H,2-3,8,10-13H2,1H3,(H,27,28). The predicted octanol–water partition coefficient (Wildman–Crippen LogP) is 4.95. The van der Waals surface area contributed by atoms with E-state index in [9.17, 15) is 18.0 Å². The number of likely N-dealkylation sites (tertiary alicyclic amines) is 2. The molecule has 2 aromatic rings. The van der Waals surface area contributed by atoms with Crippen LogP contribution in [-0.2, 0) is 6.18 Å². The maximum Gasteiger partial charge on any atom is 0.416 e. The van der Waals surface area contributed by atoms with Gasteiger partial charge in [-0.05, 0) is 48.9 Å². The van der Waals surface area contributed by atoms with Gasteiger partial charge in [-0.15, -0.1) is 0 Å². The maximum absolute atomic E-state index is 13.1. The monoisotopic (exact) mass is 432 g/mol. The van der Waals surface area contributed by atoms with E-state index in [0.29, 0.717) is 24.9 Å². The van der Waals surface area contributed by atoms with Gasteiger partial charge < -0.3 is 9.80 Å². The molecule has 3 fully saturated rings. The second-order valence-corrected chi connectivity index (χ2v) is 9.47. The zero-order chi connectivity index (χ0) is 21.8. The van der Waals surface area contributed by atoms with Gasteiger partial charge in [0.25, 0.3) is 0 Å². The number of aromatic nitrogens is 2. The van der Waals surface area contributed by atoms with E-state index in [1.54, 1.807) is 12.1 Å². The fourth-order valence-corrected chi connectivity index (χ4v) is 4.88. The van der Waals surface area contributed by atoms with E-state index in [1.165, 1.54) is 12.8 Å². The van der Waals surface area contributed by atoms with Gasteiger partial charge in [-0.25, -0.2) is 4.79 Å². The zero-order valence-electron chi connectivity index (χ0n) is 17.5. The highest BCUT2D eigenvalue weighted by atomic mass is 19.4. The number of piperidine rings is 1. The first-order valence-corrected chi connectivity index (χ1v) is 11.0. The highest BCUT2D eigenvalue weighted by molar-refractivity contribution is 5.75. The first kappa shape index (κ1) is 20.4. The Labute approximate surface area is 179 Å². The van der Waals surface area contributed by atoms with E-state index in [-0.39, 0.29) is 17.9 Å². The summed E-state index contributed by atoms with van der Waals surface area (Å²) in [6.45, 7) is 4.76. The van der Waals surface area contributed by atoms with E-state index in [4.69, 9.17) is 0 Å². The minimum Gasteiger partial charge on any atom is -0.324 e. The molecule has 2 saturated heterocycles. The van der Waals surface area contributed by atoms with Crippen molar-refractivity contribution in [1.29, 1.82) is 0 Å². The van der Waals surface area contributed by atoms with Gasteiger partial charge in [0.15, 0.2) is 0 Å². The number of carbonyl (C=O) groups excluding carboxylic acids is 1. The number of H-pyrrole nitrogens is 1. The highest BCUT2D eigenvalue weighted by Gasteiger charge is 2.38. The lowest BCUT2D eigenvalue weighted by molar-refractivity contribution is -0.137. The smallest absolute Gasteiger partial charge is 0.324 e. The van der Waals surface area contributed by atoms with Gasteiger partial charge in [-0.1, -0.05) is 19.1 Å². The molecular formula is C23H27F3N4O. The van der Waals surface area contributed by atoms with Gasteiger partial charge in [0.1, 0.15) is 0 Å². The summed E-state index contributed by atoms with van der Waals surface area (Å²) >= 11 is 0. The molecule has 5 rings (SSSR count). The second kappa shape index (κ2) is 7.57. The van der Waals surface area contributed by atoms with Crippen molar-refractivity contribution in [3.8, 4) is 0 Å². The normalized spacial score (nSPS) is 24.9. The number of benzene rings is 1. The third-order valence-corrected chi connectivity index (χ3v) is 6.82. The quantitative estimate of drug-likeness (QED) is 0.746. The Bertz CT molecular complexity index is 944. The molecule has 3 aliphatic rings. The molecule has 0 bridgehead atoms. The molecule has 2 aliphatic heterocycles. The van der Waals surface area contributed by atoms with E-state index >= 15 is 0 Å². The molecule has 1 N–H and O–H groups in total. The van der Waals surface area contributed by atoms with Crippen LogP contribution in [-0.4, -0.2) is 52.2 Å². The van der Waals surface area contributed by atoms with Crippen LogP contribution in [0.3, 0.4) is 0 Å². The predicted molar refractivity (Wildman–Crippen MR) is 110 cm³/mol. The van der Waals surface area contributed by atoms with Gasteiger partial charge in [0.2, 0.25) is 0 Å².